The molecule has 0 fully saturated rings. The van der Waals surface area contributed by atoms with Gasteiger partial charge in [0.05, 0.1) is 0 Å². The van der Waals surface area contributed by atoms with Crippen LogP contribution in [0.3, 0.4) is 0 Å². The van der Waals surface area contributed by atoms with Crippen molar-refractivity contribution in [1.82, 2.24) is 0 Å². The van der Waals surface area contributed by atoms with Crippen LogP contribution in [0.5, 0.6) is 0 Å². The molecule has 0 saturated heterocycles. The third kappa shape index (κ3) is 7.19. The van der Waals surface area contributed by atoms with Crippen molar-refractivity contribution in [1.29, 1.82) is 0 Å². The number of hydrogen-bond donors (Lipinski definition) is 0. The van der Waals surface area contributed by atoms with Gasteiger partial charge in [-0.3, -0.25) is 0 Å². The molecule has 0 aliphatic carbocycles. The zero-order valence-electron chi connectivity index (χ0n) is 5.39. The van der Waals surface area contributed by atoms with Gasteiger partial charge >= 0.3 is 59.3 Å². The van der Waals surface area contributed by atoms with E-state index in [0.29, 0.717) is 6.61 Å². The molecule has 0 bridgehead atoms. The van der Waals surface area contributed by atoms with Crippen LogP contribution in [0.1, 0.15) is 5.76 Å². The molecule has 62 valence electrons. The van der Waals surface area contributed by atoms with Crippen molar-refractivity contribution in [3.8, 4) is 0 Å². The van der Waals surface area contributed by atoms with Crippen molar-refractivity contribution in [2.45, 2.75) is 6.61 Å². The Labute approximate surface area is 96.2 Å². The van der Waals surface area contributed by atoms with Crippen molar-refractivity contribution in [3.63, 3.8) is 0 Å². The predicted octanol–water partition coefficient (Wildman–Crippen LogP) is -7.73. The van der Waals surface area contributed by atoms with E-state index in [1.54, 1.807) is 27.1 Å². The summed E-state index contributed by atoms with van der Waals surface area (Å²) < 4.78 is 9.74. The van der Waals surface area contributed by atoms with Crippen LogP contribution in [0.4, 0.5) is 0 Å². The molecule has 0 aliphatic heterocycles. The number of furan rings is 1. The second kappa shape index (κ2) is 10.8. The summed E-state index contributed by atoms with van der Waals surface area (Å²) in [5.41, 5.74) is 0. The number of rotatable bonds is 2. The molecule has 11 heavy (non-hydrogen) atoms. The fraction of sp³-hybridized carbons (Fsp3) is 0.200. The molecule has 0 spiro atoms. The van der Waals surface area contributed by atoms with E-state index >= 15 is 0 Å². The van der Waals surface area contributed by atoms with E-state index in [-0.39, 0.29) is 37.2 Å². The van der Waals surface area contributed by atoms with Gasteiger partial charge in [0.25, 0.3) is 0 Å². The molecule has 0 atom stereocenters. The van der Waals surface area contributed by atoms with Crippen LogP contribution >= 0.6 is 0 Å². The Morgan fingerprint density at radius 2 is 2.00 bits per heavy atom. The first-order valence-corrected chi connectivity index (χ1v) is 2.88. The maximum atomic E-state index is 4.95. The second-order valence-electron chi connectivity index (χ2n) is 1.37. The fourth-order valence-corrected chi connectivity index (χ4v) is 0.688. The van der Waals surface area contributed by atoms with Crippen LogP contribution in [0, 0.1) is 0 Å². The van der Waals surface area contributed by atoms with Gasteiger partial charge in [0, 0.05) is 0 Å². The molecule has 0 saturated carbocycles. The molecular weight excluding hydrogens is 246 g/mol. The Morgan fingerprint density at radius 3 is 2.36 bits per heavy atom. The molecule has 1 aromatic heterocycles. The Kier molecular flexibility index (Phi) is 17.5. The first-order chi connectivity index (χ1) is 3.93. The van der Waals surface area contributed by atoms with Gasteiger partial charge in [-0.25, -0.2) is 0 Å². The summed E-state index contributed by atoms with van der Waals surface area (Å²) in [6.07, 6.45) is 1.63. The normalized spacial score (nSPS) is 7.09. The molecule has 1 rings (SSSR count). The Hall–Kier alpha value is 0.824. The van der Waals surface area contributed by atoms with Crippen LogP contribution in [-0.4, -0.2) is 0 Å². The molecular formula is C5H5Cl3O2Ti. The first-order valence-electron chi connectivity index (χ1n) is 2.24. The van der Waals surface area contributed by atoms with E-state index in [1.165, 1.54) is 0 Å². The van der Waals surface area contributed by atoms with Gasteiger partial charge in [-0.05, 0) is 0 Å². The number of halogens is 3. The Morgan fingerprint density at radius 1 is 1.36 bits per heavy atom. The summed E-state index contributed by atoms with van der Waals surface area (Å²) in [5, 5.41) is 0. The van der Waals surface area contributed by atoms with E-state index in [1.807, 2.05) is 12.1 Å². The van der Waals surface area contributed by atoms with Gasteiger partial charge < -0.3 is 37.2 Å². The van der Waals surface area contributed by atoms with Crippen LogP contribution in [0.25, 0.3) is 0 Å². The molecule has 0 aliphatic rings. The summed E-state index contributed by atoms with van der Waals surface area (Å²) in [5.74, 6) is 0.868. The average molecular weight is 251 g/mol. The molecule has 1 aromatic rings. The molecule has 1 heterocycles. The molecule has 0 N–H and O–H groups in total. The van der Waals surface area contributed by atoms with E-state index in [2.05, 4.69) is 0 Å². The summed E-state index contributed by atoms with van der Waals surface area (Å²) >= 11 is 1.64. The van der Waals surface area contributed by atoms with Crippen molar-refractivity contribution in [2.75, 3.05) is 0 Å². The Bertz CT molecular complexity index is 145. The molecule has 0 aromatic carbocycles. The standard InChI is InChI=1S/C5H5O2.3ClH.Ti/c6-4-5-2-1-3-7-5;;;;/h1-3H,4H2;3*1H;/q-1;;;;+4/p-3. The van der Waals surface area contributed by atoms with Gasteiger partial charge in [0.15, 0.2) is 0 Å². The van der Waals surface area contributed by atoms with E-state index < -0.39 is 0 Å². The van der Waals surface area contributed by atoms with Crippen LogP contribution in [0.2, 0.25) is 0 Å². The number of hydrogen-bond acceptors (Lipinski definition) is 2. The van der Waals surface area contributed by atoms with Crippen molar-refractivity contribution < 1.29 is 65.8 Å². The third-order valence-corrected chi connectivity index (χ3v) is 1.02. The minimum atomic E-state index is 0. The van der Waals surface area contributed by atoms with Gasteiger partial charge in [0.2, 0.25) is 0 Å². The van der Waals surface area contributed by atoms with E-state index in [0.717, 1.165) is 5.76 Å². The summed E-state index contributed by atoms with van der Waals surface area (Å²) in [6.45, 7) is 0.562. The van der Waals surface area contributed by atoms with Crippen LogP contribution in [0.15, 0.2) is 22.8 Å². The van der Waals surface area contributed by atoms with Crippen molar-refractivity contribution in [3.05, 3.63) is 24.2 Å². The fourth-order valence-electron chi connectivity index (χ4n) is 0.466. The molecule has 0 radical (unpaired) electrons. The van der Waals surface area contributed by atoms with Crippen LogP contribution < -0.4 is 37.2 Å². The summed E-state index contributed by atoms with van der Waals surface area (Å²) in [4.78, 5) is 0. The topological polar surface area (TPSA) is 22.4 Å². The quantitative estimate of drug-likeness (QED) is 0.487. The molecule has 0 unspecified atom stereocenters. The first kappa shape index (κ1) is 17.8. The monoisotopic (exact) mass is 250 g/mol. The molecule has 2 nitrogen and oxygen atoms in total. The van der Waals surface area contributed by atoms with Crippen molar-refractivity contribution in [2.24, 2.45) is 0 Å². The van der Waals surface area contributed by atoms with Gasteiger partial charge in [0.1, 0.15) is 0 Å². The minimum absolute atomic E-state index is 0. The third-order valence-electron chi connectivity index (χ3n) is 0.795. The summed E-state index contributed by atoms with van der Waals surface area (Å²) in [7, 11) is 0. The van der Waals surface area contributed by atoms with E-state index in [9.17, 15) is 0 Å². The second-order valence-corrected chi connectivity index (χ2v) is 1.82. The predicted molar refractivity (Wildman–Crippen MR) is 23.5 cm³/mol. The average Bonchev–Trinajstić information content (AvgIpc) is 2.19. The molecule has 0 amide bonds. The van der Waals surface area contributed by atoms with Gasteiger partial charge in [-0.15, -0.1) is 0 Å². The van der Waals surface area contributed by atoms with Gasteiger partial charge in [-0.2, -0.15) is 0 Å². The zero-order chi connectivity index (χ0) is 5.82. The zero-order valence-corrected chi connectivity index (χ0v) is 9.22. The van der Waals surface area contributed by atoms with Crippen LogP contribution in [-0.2, 0) is 30.7 Å². The van der Waals surface area contributed by atoms with Gasteiger partial charge in [-0.1, -0.05) is 0 Å². The Balaban J connectivity index is -0.000000213. The summed E-state index contributed by atoms with van der Waals surface area (Å²) in [6, 6.07) is 3.72. The van der Waals surface area contributed by atoms with E-state index in [4.69, 9.17) is 7.74 Å². The maximum absolute atomic E-state index is 4.95. The SMILES string of the molecule is [Cl-].[Cl-].[Cl-].[Ti+3][O]Cc1ccco1. The molecule has 6 heteroatoms. The van der Waals surface area contributed by atoms with Crippen molar-refractivity contribution >= 4 is 0 Å².